The van der Waals surface area contributed by atoms with E-state index >= 15 is 0 Å². The summed E-state index contributed by atoms with van der Waals surface area (Å²) in [6.45, 7) is 0.628. The van der Waals surface area contributed by atoms with Crippen LogP contribution in [0.2, 0.25) is 0 Å². The van der Waals surface area contributed by atoms with Gasteiger partial charge in [0.2, 0.25) is 0 Å². The Hall–Kier alpha value is -2.18. The Labute approximate surface area is 174 Å². The molecule has 0 atom stereocenters. The van der Waals surface area contributed by atoms with E-state index < -0.39 is 9.84 Å². The third-order valence-corrected chi connectivity index (χ3v) is 7.69. The lowest BCUT2D eigenvalue weighted by atomic mass is 9.80. The van der Waals surface area contributed by atoms with Gasteiger partial charge in [0.05, 0.1) is 10.6 Å². The largest absolute Gasteiger partial charge is 0.350 e. The summed E-state index contributed by atoms with van der Waals surface area (Å²) >= 11 is 0. The second kappa shape index (κ2) is 9.09. The average Bonchev–Trinajstić information content (AvgIpc) is 2.73. The van der Waals surface area contributed by atoms with Crippen LogP contribution >= 0.6 is 0 Å². The number of hydrogen-bond donors (Lipinski definition) is 1. The van der Waals surface area contributed by atoms with Crippen LogP contribution in [-0.2, 0) is 15.6 Å². The summed E-state index contributed by atoms with van der Waals surface area (Å²) < 4.78 is 25.0. The van der Waals surface area contributed by atoms with Gasteiger partial charge in [-0.25, -0.2) is 8.42 Å². The molecule has 0 bridgehead atoms. The van der Waals surface area contributed by atoms with Crippen LogP contribution in [0.5, 0.6) is 0 Å². The molecule has 2 aromatic rings. The highest BCUT2D eigenvalue weighted by Crippen LogP contribution is 2.31. The van der Waals surface area contributed by atoms with Crippen LogP contribution in [0.15, 0.2) is 59.5 Å². The molecule has 1 aliphatic rings. The fraction of sp³-hybridized carbons (Fsp3) is 0.435. The van der Waals surface area contributed by atoms with E-state index in [-0.39, 0.29) is 17.2 Å². The molecule has 156 valence electrons. The van der Waals surface area contributed by atoms with Crippen molar-refractivity contribution in [2.45, 2.75) is 48.3 Å². The van der Waals surface area contributed by atoms with Crippen LogP contribution in [-0.4, -0.2) is 45.4 Å². The summed E-state index contributed by atoms with van der Waals surface area (Å²) in [6, 6.07) is 15.3. The third-order valence-electron chi connectivity index (χ3n) is 5.99. The molecule has 1 fully saturated rings. The summed E-state index contributed by atoms with van der Waals surface area (Å²) in [7, 11) is 0.771. The molecule has 0 unspecified atom stereocenters. The number of rotatable bonds is 7. The molecule has 1 N–H and O–H groups in total. The molecule has 3 rings (SSSR count). The predicted molar refractivity (Wildman–Crippen MR) is 116 cm³/mol. The fourth-order valence-electron chi connectivity index (χ4n) is 4.02. The first kappa shape index (κ1) is 21.5. The van der Waals surface area contributed by atoms with Crippen molar-refractivity contribution in [3.8, 4) is 0 Å². The number of sulfone groups is 1. The Balaban J connectivity index is 1.63. The highest BCUT2D eigenvalue weighted by molar-refractivity contribution is 7.90. The molecule has 1 aliphatic carbocycles. The lowest BCUT2D eigenvalue weighted by molar-refractivity contribution is 0.0799. The molecule has 2 aromatic carbocycles. The number of amides is 1. The van der Waals surface area contributed by atoms with E-state index in [2.05, 4.69) is 24.3 Å². The lowest BCUT2D eigenvalue weighted by Gasteiger charge is -2.43. The monoisotopic (exact) mass is 414 g/mol. The SMILES string of the molecule is CN(C)C1(CNC(=O)c2ccc(CS(=O)(=O)c3ccccc3)cc2)CCCCC1. The van der Waals surface area contributed by atoms with Crippen molar-refractivity contribution in [3.63, 3.8) is 0 Å². The summed E-state index contributed by atoms with van der Waals surface area (Å²) in [5, 5.41) is 3.09. The van der Waals surface area contributed by atoms with Gasteiger partial charge in [0.15, 0.2) is 9.84 Å². The predicted octanol–water partition coefficient (Wildman–Crippen LogP) is 3.65. The van der Waals surface area contributed by atoms with Crippen LogP contribution in [0.25, 0.3) is 0 Å². The first-order valence-corrected chi connectivity index (χ1v) is 11.8. The molecule has 1 saturated carbocycles. The van der Waals surface area contributed by atoms with Gasteiger partial charge >= 0.3 is 0 Å². The van der Waals surface area contributed by atoms with E-state index in [1.54, 1.807) is 54.6 Å². The normalized spacial score (nSPS) is 16.5. The Kier molecular flexibility index (Phi) is 6.75. The quantitative estimate of drug-likeness (QED) is 0.751. The van der Waals surface area contributed by atoms with Crippen molar-refractivity contribution in [1.29, 1.82) is 0 Å². The zero-order valence-corrected chi connectivity index (χ0v) is 18.0. The maximum absolute atomic E-state index is 12.6. The molecule has 0 aromatic heterocycles. The van der Waals surface area contributed by atoms with Crippen LogP contribution < -0.4 is 5.32 Å². The number of carbonyl (C=O) groups excluding carboxylic acids is 1. The Morgan fingerprint density at radius 2 is 1.59 bits per heavy atom. The third kappa shape index (κ3) is 5.25. The Bertz CT molecular complexity index is 916. The molecule has 29 heavy (non-hydrogen) atoms. The standard InChI is InChI=1S/C23H30N2O3S/c1-25(2)23(15-7-4-8-16-23)18-24-22(26)20-13-11-19(12-14-20)17-29(27,28)21-9-5-3-6-10-21/h3,5-6,9-14H,4,7-8,15-18H2,1-2H3,(H,24,26). The molecular weight excluding hydrogens is 384 g/mol. The summed E-state index contributed by atoms with van der Waals surface area (Å²) in [5.74, 6) is -0.197. The summed E-state index contributed by atoms with van der Waals surface area (Å²) in [6.07, 6.45) is 5.83. The number of nitrogens with zero attached hydrogens (tertiary/aromatic N) is 1. The summed E-state index contributed by atoms with van der Waals surface area (Å²) in [4.78, 5) is 15.2. The molecule has 6 heteroatoms. The van der Waals surface area contributed by atoms with Gasteiger partial charge < -0.3 is 10.2 Å². The van der Waals surface area contributed by atoms with Gasteiger partial charge in [-0.2, -0.15) is 0 Å². The minimum Gasteiger partial charge on any atom is -0.350 e. The first-order valence-electron chi connectivity index (χ1n) is 10.1. The number of likely N-dealkylation sites (N-methyl/N-ethyl adjacent to an activating group) is 1. The van der Waals surface area contributed by atoms with E-state index in [1.807, 2.05) is 0 Å². The lowest BCUT2D eigenvalue weighted by Crippen LogP contribution is -2.53. The zero-order valence-electron chi connectivity index (χ0n) is 17.2. The first-order chi connectivity index (χ1) is 13.8. The smallest absolute Gasteiger partial charge is 0.251 e. The number of hydrogen-bond acceptors (Lipinski definition) is 4. The summed E-state index contributed by atoms with van der Waals surface area (Å²) in [5.41, 5.74) is 1.25. The maximum Gasteiger partial charge on any atom is 0.251 e. The van der Waals surface area contributed by atoms with Crippen molar-refractivity contribution in [1.82, 2.24) is 10.2 Å². The van der Waals surface area contributed by atoms with E-state index in [0.717, 1.165) is 12.8 Å². The van der Waals surface area contributed by atoms with Gasteiger partial charge in [-0.15, -0.1) is 0 Å². The van der Waals surface area contributed by atoms with E-state index in [4.69, 9.17) is 0 Å². The number of benzene rings is 2. The molecule has 5 nitrogen and oxygen atoms in total. The van der Waals surface area contributed by atoms with Crippen molar-refractivity contribution in [3.05, 3.63) is 65.7 Å². The van der Waals surface area contributed by atoms with Crippen molar-refractivity contribution >= 4 is 15.7 Å². The Morgan fingerprint density at radius 3 is 2.17 bits per heavy atom. The molecular formula is C23H30N2O3S. The minimum absolute atomic E-state index is 0.0254. The van der Waals surface area contributed by atoms with Gasteiger partial charge in [0.1, 0.15) is 0 Å². The topological polar surface area (TPSA) is 66.5 Å². The van der Waals surface area contributed by atoms with Crippen LogP contribution in [0.3, 0.4) is 0 Å². The minimum atomic E-state index is -3.39. The van der Waals surface area contributed by atoms with Crippen molar-refractivity contribution in [2.24, 2.45) is 0 Å². The van der Waals surface area contributed by atoms with Crippen LogP contribution in [0.1, 0.15) is 48.0 Å². The van der Waals surface area contributed by atoms with Crippen LogP contribution in [0, 0.1) is 0 Å². The maximum atomic E-state index is 12.6. The van der Waals surface area contributed by atoms with E-state index in [0.29, 0.717) is 22.6 Å². The van der Waals surface area contributed by atoms with Crippen molar-refractivity contribution in [2.75, 3.05) is 20.6 Å². The average molecular weight is 415 g/mol. The molecule has 1 amide bonds. The van der Waals surface area contributed by atoms with Gasteiger partial charge in [-0.3, -0.25) is 4.79 Å². The molecule has 0 heterocycles. The van der Waals surface area contributed by atoms with Crippen LogP contribution in [0.4, 0.5) is 0 Å². The molecule has 0 radical (unpaired) electrons. The molecule has 0 spiro atoms. The fourth-order valence-corrected chi connectivity index (χ4v) is 5.39. The Morgan fingerprint density at radius 1 is 0.966 bits per heavy atom. The second-order valence-corrected chi connectivity index (χ2v) is 10.1. The van der Waals surface area contributed by atoms with Gasteiger partial charge in [-0.05, 0) is 56.8 Å². The van der Waals surface area contributed by atoms with E-state index in [9.17, 15) is 13.2 Å². The number of nitrogens with one attached hydrogen (secondary N) is 1. The second-order valence-electron chi connectivity index (χ2n) is 8.13. The number of carbonyl (C=O) groups is 1. The highest BCUT2D eigenvalue weighted by Gasteiger charge is 2.34. The highest BCUT2D eigenvalue weighted by atomic mass is 32.2. The van der Waals surface area contributed by atoms with Gasteiger partial charge in [-0.1, -0.05) is 49.6 Å². The molecule has 0 saturated heterocycles. The van der Waals surface area contributed by atoms with E-state index in [1.165, 1.54) is 19.3 Å². The zero-order chi connectivity index (χ0) is 20.9. The van der Waals surface area contributed by atoms with Gasteiger partial charge in [0.25, 0.3) is 5.91 Å². The molecule has 0 aliphatic heterocycles. The van der Waals surface area contributed by atoms with Crippen molar-refractivity contribution < 1.29 is 13.2 Å². The van der Waals surface area contributed by atoms with Gasteiger partial charge in [0, 0.05) is 17.6 Å².